The molecule has 0 radical (unpaired) electrons. The molecule has 1 amide bonds. The number of hydrogen-bond acceptors (Lipinski definition) is 6. The van der Waals surface area contributed by atoms with Gasteiger partial charge in [0.15, 0.2) is 0 Å². The molecule has 0 aliphatic carbocycles. The van der Waals surface area contributed by atoms with Gasteiger partial charge in [-0.2, -0.15) is 0 Å². The lowest BCUT2D eigenvalue weighted by Crippen LogP contribution is -2.47. The standard InChI is InChI=1S/C68H125N2O7P/c1-7-10-13-16-19-22-25-28-30-31-32-33-34-35-36-37-38-39-41-43-46-49-52-55-58-61-68(72)77-66(59-56-53-50-47-44-27-24-21-18-15-12-9-3)65(64-76-78(73,74)75-63-62-70(4,5)6)69-67(71)60-57-54-51-48-45-42-40-29-26-23-20-17-14-11-8-2/h19,22-23,26,28,30,32-33,35-36,56,59,65-66H,7-18,20-21,24-25,27,29,31,34,37-55,57-58,60-64H2,1-6H3,(H-,69,71,73,74)/p+1/b22-19-,26-23-,30-28-,33-32-,36-35-,59-56-. The van der Waals surface area contributed by atoms with Crippen LogP contribution < -0.4 is 5.32 Å². The zero-order chi connectivity index (χ0) is 57.2. The maximum atomic E-state index is 13.5. The number of quaternary nitrogens is 1. The van der Waals surface area contributed by atoms with Crippen LogP contribution in [0.2, 0.25) is 0 Å². The molecule has 0 aromatic carbocycles. The molecule has 0 heterocycles. The zero-order valence-electron chi connectivity index (χ0n) is 51.9. The summed E-state index contributed by atoms with van der Waals surface area (Å²) in [6.45, 7) is 6.98. The molecule has 78 heavy (non-hydrogen) atoms. The summed E-state index contributed by atoms with van der Waals surface area (Å²) in [5, 5.41) is 3.06. The van der Waals surface area contributed by atoms with Crippen molar-refractivity contribution in [3.05, 3.63) is 72.9 Å². The molecule has 0 bridgehead atoms. The molecule has 454 valence electrons. The van der Waals surface area contributed by atoms with Crippen LogP contribution in [0.15, 0.2) is 72.9 Å². The number of carbonyl (C=O) groups is 2. The van der Waals surface area contributed by atoms with Crippen LogP contribution in [0.25, 0.3) is 0 Å². The van der Waals surface area contributed by atoms with Gasteiger partial charge >= 0.3 is 13.8 Å². The maximum absolute atomic E-state index is 13.5. The van der Waals surface area contributed by atoms with Crippen LogP contribution in [0.4, 0.5) is 0 Å². The van der Waals surface area contributed by atoms with E-state index >= 15 is 0 Å². The van der Waals surface area contributed by atoms with Crippen molar-refractivity contribution in [1.82, 2.24) is 5.32 Å². The normalized spacial score (nSPS) is 14.1. The summed E-state index contributed by atoms with van der Waals surface area (Å²) in [6, 6.07) is -0.855. The number of phosphoric ester groups is 1. The molecule has 0 aromatic rings. The number of amides is 1. The number of nitrogens with one attached hydrogen (secondary N) is 1. The molecule has 0 rings (SSSR count). The number of unbranched alkanes of at least 4 members (excludes halogenated alkanes) is 33. The van der Waals surface area contributed by atoms with Crippen molar-refractivity contribution in [3.63, 3.8) is 0 Å². The Morgan fingerprint density at radius 2 is 0.782 bits per heavy atom. The van der Waals surface area contributed by atoms with Crippen molar-refractivity contribution in [2.45, 2.75) is 309 Å². The van der Waals surface area contributed by atoms with E-state index in [1.165, 1.54) is 161 Å². The highest BCUT2D eigenvalue weighted by Gasteiger charge is 2.30. The van der Waals surface area contributed by atoms with E-state index in [4.69, 9.17) is 13.8 Å². The second kappa shape index (κ2) is 57.7. The Hall–Kier alpha value is -2.55. The average molecular weight is 1110 g/mol. The fourth-order valence-corrected chi connectivity index (χ4v) is 10.0. The van der Waals surface area contributed by atoms with Gasteiger partial charge < -0.3 is 19.4 Å². The van der Waals surface area contributed by atoms with Gasteiger partial charge in [-0.25, -0.2) is 4.57 Å². The highest BCUT2D eigenvalue weighted by molar-refractivity contribution is 7.47. The first-order valence-electron chi connectivity index (χ1n) is 32.8. The van der Waals surface area contributed by atoms with Crippen molar-refractivity contribution in [2.24, 2.45) is 0 Å². The minimum atomic E-state index is -4.45. The van der Waals surface area contributed by atoms with E-state index < -0.39 is 20.0 Å². The molecule has 9 nitrogen and oxygen atoms in total. The van der Waals surface area contributed by atoms with Crippen molar-refractivity contribution in [2.75, 3.05) is 40.9 Å². The van der Waals surface area contributed by atoms with E-state index in [0.29, 0.717) is 17.4 Å². The van der Waals surface area contributed by atoms with E-state index in [2.05, 4.69) is 86.8 Å². The van der Waals surface area contributed by atoms with Crippen LogP contribution >= 0.6 is 7.82 Å². The second-order valence-electron chi connectivity index (χ2n) is 23.3. The number of hydrogen-bond donors (Lipinski definition) is 2. The number of likely N-dealkylation sites (N-methyl/N-ethyl adjacent to an activating group) is 1. The highest BCUT2D eigenvalue weighted by atomic mass is 31.2. The number of ether oxygens (including phenoxy) is 1. The Kier molecular flexibility index (Phi) is 55.8. The molecule has 0 fully saturated rings. The lowest BCUT2D eigenvalue weighted by Gasteiger charge is -2.27. The van der Waals surface area contributed by atoms with Crippen molar-refractivity contribution < 1.29 is 37.3 Å². The molecule has 0 spiro atoms. The molecule has 10 heteroatoms. The summed E-state index contributed by atoms with van der Waals surface area (Å²) in [7, 11) is 1.49. The third-order valence-electron chi connectivity index (χ3n) is 14.4. The number of carbonyl (C=O) groups excluding carboxylic acids is 2. The molecular formula is C68H126N2O7P+. The van der Waals surface area contributed by atoms with Gasteiger partial charge in [-0.05, 0) is 102 Å². The molecule has 3 atom stereocenters. The SMILES string of the molecule is CCCCC/C=C\C/C=C\C/C=C\C/C=C\CCCCCCCCCCCC(=O)OC(/C=C\CCCCCCCCCCCC)C(COP(=O)(O)OCC[N+](C)(C)C)NC(=O)CCCCCCCCC/C=C\CCCCCC. The summed E-state index contributed by atoms with van der Waals surface area (Å²) in [5.74, 6) is -0.513. The molecule has 0 aliphatic rings. The average Bonchev–Trinajstić information content (AvgIpc) is 3.40. The van der Waals surface area contributed by atoms with Crippen molar-refractivity contribution >= 4 is 19.7 Å². The summed E-state index contributed by atoms with van der Waals surface area (Å²) in [6.07, 6.45) is 74.7. The van der Waals surface area contributed by atoms with E-state index in [1.807, 2.05) is 33.3 Å². The van der Waals surface area contributed by atoms with E-state index in [1.54, 1.807) is 0 Å². The Morgan fingerprint density at radius 3 is 1.22 bits per heavy atom. The Labute approximate surface area is 483 Å². The number of rotatable bonds is 59. The predicted octanol–water partition coefficient (Wildman–Crippen LogP) is 20.4. The topological polar surface area (TPSA) is 111 Å². The first-order chi connectivity index (χ1) is 37.9. The summed E-state index contributed by atoms with van der Waals surface area (Å²) >= 11 is 0. The second-order valence-corrected chi connectivity index (χ2v) is 24.7. The minimum Gasteiger partial charge on any atom is -0.456 e. The number of phosphoric acid groups is 1. The third-order valence-corrected chi connectivity index (χ3v) is 15.4. The third kappa shape index (κ3) is 58.1. The highest BCUT2D eigenvalue weighted by Crippen LogP contribution is 2.43. The molecular weight excluding hydrogens is 988 g/mol. The van der Waals surface area contributed by atoms with Gasteiger partial charge in [0, 0.05) is 12.8 Å². The van der Waals surface area contributed by atoms with Crippen molar-refractivity contribution in [1.29, 1.82) is 0 Å². The Balaban J connectivity index is 5.15. The molecule has 0 aliphatic heterocycles. The fraction of sp³-hybridized carbons (Fsp3) is 0.794. The van der Waals surface area contributed by atoms with Crippen LogP contribution in [0, 0.1) is 0 Å². The van der Waals surface area contributed by atoms with Crippen LogP contribution in [0.1, 0.15) is 297 Å². The van der Waals surface area contributed by atoms with Gasteiger partial charge in [-0.15, -0.1) is 0 Å². The summed E-state index contributed by atoms with van der Waals surface area (Å²) < 4.78 is 30.7. The number of esters is 1. The number of nitrogens with zero attached hydrogens (tertiary/aromatic N) is 1. The lowest BCUT2D eigenvalue weighted by molar-refractivity contribution is -0.870. The monoisotopic (exact) mass is 1110 g/mol. The quantitative estimate of drug-likeness (QED) is 0.0205. The predicted molar refractivity (Wildman–Crippen MR) is 337 cm³/mol. The Bertz CT molecular complexity index is 1570. The molecule has 0 saturated carbocycles. The maximum Gasteiger partial charge on any atom is 0.472 e. The fourth-order valence-electron chi connectivity index (χ4n) is 9.27. The minimum absolute atomic E-state index is 0.0368. The van der Waals surface area contributed by atoms with Crippen LogP contribution in [0.3, 0.4) is 0 Å². The molecule has 0 saturated heterocycles. The van der Waals surface area contributed by atoms with Crippen molar-refractivity contribution in [3.8, 4) is 0 Å². The first-order valence-corrected chi connectivity index (χ1v) is 34.3. The van der Waals surface area contributed by atoms with E-state index in [-0.39, 0.29) is 31.5 Å². The Morgan fingerprint density at radius 1 is 0.449 bits per heavy atom. The number of allylic oxidation sites excluding steroid dienone is 11. The smallest absolute Gasteiger partial charge is 0.456 e. The molecule has 0 aromatic heterocycles. The van der Waals surface area contributed by atoms with Gasteiger partial charge in [-0.3, -0.25) is 18.6 Å². The van der Waals surface area contributed by atoms with Gasteiger partial charge in [0.2, 0.25) is 5.91 Å². The summed E-state index contributed by atoms with van der Waals surface area (Å²) in [5.41, 5.74) is 0. The van der Waals surface area contributed by atoms with Crippen LogP contribution in [-0.4, -0.2) is 74.3 Å². The van der Waals surface area contributed by atoms with Gasteiger partial charge in [0.1, 0.15) is 19.3 Å². The van der Waals surface area contributed by atoms with Gasteiger partial charge in [-0.1, -0.05) is 255 Å². The van der Waals surface area contributed by atoms with Gasteiger partial charge in [0.05, 0.1) is 33.8 Å². The first kappa shape index (κ1) is 75.5. The van der Waals surface area contributed by atoms with Gasteiger partial charge in [0.25, 0.3) is 0 Å². The molecule has 3 unspecified atom stereocenters. The molecule has 2 N–H and O–H groups in total. The largest absolute Gasteiger partial charge is 0.472 e. The summed E-state index contributed by atoms with van der Waals surface area (Å²) in [4.78, 5) is 37.8. The van der Waals surface area contributed by atoms with Crippen LogP contribution in [0.5, 0.6) is 0 Å². The van der Waals surface area contributed by atoms with Crippen LogP contribution in [-0.2, 0) is 27.9 Å². The van der Waals surface area contributed by atoms with E-state index in [0.717, 1.165) is 103 Å². The zero-order valence-corrected chi connectivity index (χ0v) is 52.8. The van der Waals surface area contributed by atoms with E-state index in [9.17, 15) is 19.0 Å². The lowest BCUT2D eigenvalue weighted by atomic mass is 10.0.